The second-order valence-electron chi connectivity index (χ2n) is 9.08. The maximum Gasteiger partial charge on any atom is 0.341 e. The summed E-state index contributed by atoms with van der Waals surface area (Å²) >= 11 is 12.9. The van der Waals surface area contributed by atoms with Gasteiger partial charge in [0.05, 0.1) is 28.3 Å². The van der Waals surface area contributed by atoms with Crippen LogP contribution in [-0.4, -0.2) is 39.8 Å². The van der Waals surface area contributed by atoms with Gasteiger partial charge in [0.1, 0.15) is 17.2 Å². The van der Waals surface area contributed by atoms with Gasteiger partial charge in [-0.2, -0.15) is 0 Å². The number of hydrogen-bond donors (Lipinski definition) is 1. The maximum atomic E-state index is 13.1. The lowest BCUT2D eigenvalue weighted by Crippen LogP contribution is -2.34. The Morgan fingerprint density at radius 3 is 2.68 bits per heavy atom. The van der Waals surface area contributed by atoms with Crippen molar-refractivity contribution in [2.24, 2.45) is 0 Å². The molecule has 9 heteroatoms. The predicted octanol–water partition coefficient (Wildman–Crippen LogP) is 6.06. The molecule has 0 saturated carbocycles. The summed E-state index contributed by atoms with van der Waals surface area (Å²) in [5.41, 5.74) is 1.52. The Kier molecular flexibility index (Phi) is 7.09. The highest BCUT2D eigenvalue weighted by Crippen LogP contribution is 2.36. The second-order valence-corrected chi connectivity index (χ2v) is 9.90. The van der Waals surface area contributed by atoms with Gasteiger partial charge in [0.15, 0.2) is 0 Å². The minimum atomic E-state index is -1.27. The Balaban J connectivity index is 1.58. The Morgan fingerprint density at radius 2 is 1.95 bits per heavy atom. The van der Waals surface area contributed by atoms with Gasteiger partial charge >= 0.3 is 5.97 Å². The molecule has 0 radical (unpaired) electrons. The van der Waals surface area contributed by atoms with Crippen molar-refractivity contribution >= 4 is 45.8 Å². The lowest BCUT2D eigenvalue weighted by molar-refractivity contribution is 0.0694. The smallest absolute Gasteiger partial charge is 0.341 e. The van der Waals surface area contributed by atoms with Crippen LogP contribution in [0.25, 0.3) is 10.9 Å². The Labute approximate surface area is 223 Å². The Hall–Kier alpha value is -3.55. The molecule has 37 heavy (non-hydrogen) atoms. The molecule has 3 heterocycles. The van der Waals surface area contributed by atoms with Crippen LogP contribution in [0.3, 0.4) is 0 Å². The number of ether oxygens (including phenoxy) is 1. The van der Waals surface area contributed by atoms with Crippen LogP contribution in [0.4, 0.5) is 5.69 Å². The molecule has 0 bridgehead atoms. The van der Waals surface area contributed by atoms with Crippen LogP contribution in [-0.2, 0) is 0 Å². The van der Waals surface area contributed by atoms with Crippen LogP contribution >= 0.6 is 23.2 Å². The van der Waals surface area contributed by atoms with Crippen molar-refractivity contribution in [3.63, 3.8) is 0 Å². The molecule has 2 aromatic heterocycles. The van der Waals surface area contributed by atoms with E-state index in [0.29, 0.717) is 28.0 Å². The highest BCUT2D eigenvalue weighted by Gasteiger charge is 2.29. The number of halogens is 2. The monoisotopic (exact) mass is 537 g/mol. The normalized spacial score (nSPS) is 16.2. The molecule has 0 spiro atoms. The topological polar surface area (TPSA) is 84.7 Å². The summed E-state index contributed by atoms with van der Waals surface area (Å²) in [6.07, 6.45) is 4.90. The molecule has 2 atom stereocenters. The standard InChI is InChI=1S/C28H25Cl2N3O4/c1-17(18-7-3-2-4-8-18)33-15-21(28(35)36)26(34)20-13-23(30)25(14-24(20)33)32-12-6-9-19(32)16-37-27-22(29)10-5-11-31-27/h2-5,7-8,10-11,13-15,17,19H,6,9,12,16H2,1H3,(H,35,36)/t17?,19-/m1/s1. The van der Waals surface area contributed by atoms with Crippen molar-refractivity contribution in [2.75, 3.05) is 18.1 Å². The number of aromatic carboxylic acids is 1. The van der Waals surface area contributed by atoms with E-state index in [4.69, 9.17) is 27.9 Å². The summed E-state index contributed by atoms with van der Waals surface area (Å²) in [4.78, 5) is 31.4. The zero-order chi connectivity index (χ0) is 26.1. The summed E-state index contributed by atoms with van der Waals surface area (Å²) in [5, 5.41) is 10.8. The van der Waals surface area contributed by atoms with E-state index in [0.717, 1.165) is 30.6 Å². The number of pyridine rings is 2. The molecule has 0 aliphatic carbocycles. The molecule has 1 aliphatic rings. The third-order valence-electron chi connectivity index (χ3n) is 6.85. The first kappa shape index (κ1) is 25.1. The molecule has 5 rings (SSSR count). The predicted molar refractivity (Wildman–Crippen MR) is 146 cm³/mol. The Bertz CT molecular complexity index is 1520. The summed E-state index contributed by atoms with van der Waals surface area (Å²) < 4.78 is 7.77. The number of carboxylic acid groups (broad SMARTS) is 1. The number of rotatable bonds is 7. The number of carbonyl (C=O) groups is 1. The van der Waals surface area contributed by atoms with Gasteiger partial charge in [-0.05, 0) is 49.6 Å². The first-order chi connectivity index (χ1) is 17.8. The summed E-state index contributed by atoms with van der Waals surface area (Å²) in [6, 6.07) is 16.5. The largest absolute Gasteiger partial charge is 0.477 e. The van der Waals surface area contributed by atoms with Crippen LogP contribution < -0.4 is 15.1 Å². The number of benzene rings is 2. The fraction of sp³-hybridized carbons (Fsp3) is 0.250. The number of nitrogens with zero attached hydrogens (tertiary/aromatic N) is 3. The lowest BCUT2D eigenvalue weighted by Gasteiger charge is -2.29. The van der Waals surface area contributed by atoms with Gasteiger partial charge in [0.2, 0.25) is 11.3 Å². The summed E-state index contributed by atoms with van der Waals surface area (Å²) in [7, 11) is 0. The van der Waals surface area contributed by atoms with Crippen molar-refractivity contribution in [3.8, 4) is 5.88 Å². The maximum absolute atomic E-state index is 13.1. The molecule has 1 aliphatic heterocycles. The highest BCUT2D eigenvalue weighted by atomic mass is 35.5. The number of aromatic nitrogens is 2. The van der Waals surface area contributed by atoms with Gasteiger partial charge in [-0.25, -0.2) is 9.78 Å². The first-order valence-corrected chi connectivity index (χ1v) is 12.8. The molecule has 1 unspecified atom stereocenters. The van der Waals surface area contributed by atoms with Crippen LogP contribution in [0.5, 0.6) is 5.88 Å². The van der Waals surface area contributed by atoms with Gasteiger partial charge in [-0.15, -0.1) is 0 Å². The van der Waals surface area contributed by atoms with E-state index in [1.807, 2.05) is 47.9 Å². The van der Waals surface area contributed by atoms with Crippen molar-refractivity contribution in [2.45, 2.75) is 31.8 Å². The van der Waals surface area contributed by atoms with Gasteiger partial charge in [-0.3, -0.25) is 4.79 Å². The number of carboxylic acids is 1. The third-order valence-corrected chi connectivity index (χ3v) is 7.44. The molecule has 1 saturated heterocycles. The Morgan fingerprint density at radius 1 is 1.16 bits per heavy atom. The fourth-order valence-corrected chi connectivity index (χ4v) is 5.37. The minimum Gasteiger partial charge on any atom is -0.477 e. The minimum absolute atomic E-state index is 0.0260. The second kappa shape index (κ2) is 10.4. The summed E-state index contributed by atoms with van der Waals surface area (Å²) in [6.45, 7) is 3.11. The third kappa shape index (κ3) is 4.89. The molecule has 4 aromatic rings. The highest BCUT2D eigenvalue weighted by molar-refractivity contribution is 6.34. The van der Waals surface area contributed by atoms with E-state index < -0.39 is 11.4 Å². The van der Waals surface area contributed by atoms with Crippen molar-refractivity contribution < 1.29 is 14.6 Å². The first-order valence-electron chi connectivity index (χ1n) is 12.0. The molecular formula is C28H25Cl2N3O4. The van der Waals surface area contributed by atoms with Crippen molar-refractivity contribution in [1.82, 2.24) is 9.55 Å². The van der Waals surface area contributed by atoms with E-state index in [1.165, 1.54) is 6.20 Å². The van der Waals surface area contributed by atoms with Crippen LogP contribution in [0.2, 0.25) is 10.0 Å². The van der Waals surface area contributed by atoms with Crippen LogP contribution in [0.15, 0.2) is 71.8 Å². The molecular weight excluding hydrogens is 513 g/mol. The number of anilines is 1. The van der Waals surface area contributed by atoms with Gasteiger partial charge < -0.3 is 19.3 Å². The van der Waals surface area contributed by atoms with Crippen molar-refractivity contribution in [1.29, 1.82) is 0 Å². The number of fused-ring (bicyclic) bond motifs is 1. The fourth-order valence-electron chi connectivity index (χ4n) is 4.92. The molecule has 2 aromatic carbocycles. The molecule has 0 amide bonds. The van der Waals surface area contributed by atoms with E-state index in [2.05, 4.69) is 9.88 Å². The average Bonchev–Trinajstić information content (AvgIpc) is 3.36. The quantitative estimate of drug-likeness (QED) is 0.308. The van der Waals surface area contributed by atoms with E-state index in [9.17, 15) is 14.7 Å². The van der Waals surface area contributed by atoms with E-state index in [1.54, 1.807) is 24.4 Å². The van der Waals surface area contributed by atoms with Gasteiger partial charge in [0.25, 0.3) is 0 Å². The van der Waals surface area contributed by atoms with E-state index >= 15 is 0 Å². The molecule has 7 nitrogen and oxygen atoms in total. The van der Waals surface area contributed by atoms with Crippen molar-refractivity contribution in [3.05, 3.63) is 98.4 Å². The zero-order valence-electron chi connectivity index (χ0n) is 20.1. The van der Waals surface area contributed by atoms with E-state index in [-0.39, 0.29) is 23.0 Å². The number of hydrogen-bond acceptors (Lipinski definition) is 5. The van der Waals surface area contributed by atoms with Gasteiger partial charge in [-0.1, -0.05) is 53.5 Å². The van der Waals surface area contributed by atoms with Gasteiger partial charge in [0, 0.05) is 24.3 Å². The SMILES string of the molecule is CC(c1ccccc1)n1cc(C(=O)O)c(=O)c2cc(Cl)c(N3CCC[C@@H]3COc3ncccc3Cl)cc21. The molecule has 1 fully saturated rings. The lowest BCUT2D eigenvalue weighted by atomic mass is 10.0. The summed E-state index contributed by atoms with van der Waals surface area (Å²) in [5.74, 6) is -0.890. The van der Waals surface area contributed by atoms with Crippen LogP contribution in [0, 0.1) is 0 Å². The zero-order valence-corrected chi connectivity index (χ0v) is 21.6. The average molecular weight is 538 g/mol. The molecule has 190 valence electrons. The van der Waals surface area contributed by atoms with Crippen LogP contribution in [0.1, 0.15) is 41.7 Å². The molecule has 1 N–H and O–H groups in total.